The summed E-state index contributed by atoms with van der Waals surface area (Å²) in [5.74, 6) is -0.302. The Morgan fingerprint density at radius 1 is 1.25 bits per heavy atom. The number of halogens is 1. The second kappa shape index (κ2) is 7.16. The zero-order chi connectivity index (χ0) is 14.5. The first-order chi connectivity index (χ1) is 9.65. The maximum absolute atomic E-state index is 12.3. The van der Waals surface area contributed by atoms with Crippen LogP contribution < -0.4 is 0 Å². The molecule has 0 bridgehead atoms. The SMILES string of the molecule is CCCCCCCC(=O)C1Cc2c(Br)cccc2C1=O. The lowest BCUT2D eigenvalue weighted by atomic mass is 9.95. The van der Waals surface area contributed by atoms with Gasteiger partial charge in [0.25, 0.3) is 0 Å². The van der Waals surface area contributed by atoms with Crippen molar-refractivity contribution in [3.63, 3.8) is 0 Å². The van der Waals surface area contributed by atoms with Crippen molar-refractivity contribution in [1.29, 1.82) is 0 Å². The molecule has 0 radical (unpaired) electrons. The summed E-state index contributed by atoms with van der Waals surface area (Å²) in [6.07, 6.45) is 6.76. The smallest absolute Gasteiger partial charge is 0.173 e. The Hall–Kier alpha value is -0.960. The van der Waals surface area contributed by atoms with Crippen molar-refractivity contribution in [2.75, 3.05) is 0 Å². The van der Waals surface area contributed by atoms with Gasteiger partial charge in [-0.05, 0) is 24.5 Å². The topological polar surface area (TPSA) is 34.1 Å². The molecule has 0 saturated heterocycles. The van der Waals surface area contributed by atoms with Crippen LogP contribution in [-0.4, -0.2) is 11.6 Å². The van der Waals surface area contributed by atoms with E-state index in [0.717, 1.165) is 28.4 Å². The number of Topliss-reactive ketones (excluding diaryl/α,β-unsaturated/α-hetero) is 2. The Balaban J connectivity index is 1.90. The molecule has 0 heterocycles. The summed E-state index contributed by atoms with van der Waals surface area (Å²) in [6, 6.07) is 5.62. The van der Waals surface area contributed by atoms with Gasteiger partial charge in [0.1, 0.15) is 5.78 Å². The van der Waals surface area contributed by atoms with E-state index in [9.17, 15) is 9.59 Å². The number of hydrogen-bond donors (Lipinski definition) is 0. The van der Waals surface area contributed by atoms with Crippen molar-refractivity contribution in [3.05, 3.63) is 33.8 Å². The van der Waals surface area contributed by atoms with E-state index in [1.54, 1.807) is 0 Å². The van der Waals surface area contributed by atoms with Crippen molar-refractivity contribution in [2.24, 2.45) is 5.92 Å². The van der Waals surface area contributed by atoms with Gasteiger partial charge in [-0.1, -0.05) is 60.7 Å². The van der Waals surface area contributed by atoms with Gasteiger partial charge in [-0.3, -0.25) is 9.59 Å². The third-order valence-corrected chi connectivity index (χ3v) is 4.77. The number of rotatable bonds is 7. The Morgan fingerprint density at radius 2 is 2.00 bits per heavy atom. The standard InChI is InChI=1S/C17H21BrO2/c1-2-3-4-5-6-10-16(19)14-11-13-12(17(14)20)8-7-9-15(13)18/h7-9,14H,2-6,10-11H2,1H3. The summed E-state index contributed by atoms with van der Waals surface area (Å²) in [4.78, 5) is 24.5. The molecule has 2 rings (SSSR count). The number of fused-ring (bicyclic) bond motifs is 1. The second-order valence-corrected chi connectivity index (χ2v) is 6.37. The highest BCUT2D eigenvalue weighted by Gasteiger charge is 2.35. The van der Waals surface area contributed by atoms with E-state index in [4.69, 9.17) is 0 Å². The summed E-state index contributed by atoms with van der Waals surface area (Å²) in [6.45, 7) is 2.18. The predicted octanol–water partition coefficient (Wildman–Crippen LogP) is 4.73. The molecular formula is C17H21BrO2. The maximum atomic E-state index is 12.3. The van der Waals surface area contributed by atoms with Crippen LogP contribution in [0.15, 0.2) is 22.7 Å². The quantitative estimate of drug-likeness (QED) is 0.532. The lowest BCUT2D eigenvalue weighted by Crippen LogP contribution is -2.20. The van der Waals surface area contributed by atoms with Gasteiger partial charge in [0.15, 0.2) is 5.78 Å². The molecule has 1 aliphatic rings. The zero-order valence-electron chi connectivity index (χ0n) is 12.0. The Bertz CT molecular complexity index is 508. The first-order valence-corrected chi connectivity index (χ1v) is 8.28. The average molecular weight is 337 g/mol. The molecule has 2 nitrogen and oxygen atoms in total. The minimum atomic E-state index is -0.435. The molecule has 0 amide bonds. The van der Waals surface area contributed by atoms with Gasteiger partial charge >= 0.3 is 0 Å². The van der Waals surface area contributed by atoms with Crippen LogP contribution >= 0.6 is 15.9 Å². The van der Waals surface area contributed by atoms with Crippen LogP contribution in [-0.2, 0) is 11.2 Å². The van der Waals surface area contributed by atoms with Gasteiger partial charge in [-0.15, -0.1) is 0 Å². The van der Waals surface area contributed by atoms with E-state index >= 15 is 0 Å². The molecule has 0 aromatic heterocycles. The van der Waals surface area contributed by atoms with E-state index in [1.807, 2.05) is 18.2 Å². The summed E-state index contributed by atoms with van der Waals surface area (Å²) < 4.78 is 0.946. The van der Waals surface area contributed by atoms with Gasteiger partial charge in [0, 0.05) is 16.5 Å². The Morgan fingerprint density at radius 3 is 2.70 bits per heavy atom. The number of carbonyl (C=O) groups excluding carboxylic acids is 2. The van der Waals surface area contributed by atoms with Gasteiger partial charge in [-0.2, -0.15) is 0 Å². The summed E-state index contributed by atoms with van der Waals surface area (Å²) >= 11 is 3.47. The summed E-state index contributed by atoms with van der Waals surface area (Å²) in [5, 5.41) is 0. The van der Waals surface area contributed by atoms with Crippen LogP contribution in [0.4, 0.5) is 0 Å². The van der Waals surface area contributed by atoms with E-state index in [1.165, 1.54) is 19.3 Å². The first kappa shape index (κ1) is 15.4. The van der Waals surface area contributed by atoms with Crippen LogP contribution in [0, 0.1) is 5.92 Å². The Labute approximate surface area is 129 Å². The molecule has 1 atom stereocenters. The molecule has 1 aromatic rings. The lowest BCUT2D eigenvalue weighted by molar-refractivity contribution is -0.121. The highest BCUT2D eigenvalue weighted by atomic mass is 79.9. The number of carbonyl (C=O) groups is 2. The maximum Gasteiger partial charge on any atom is 0.173 e. The van der Waals surface area contributed by atoms with E-state index in [-0.39, 0.29) is 11.6 Å². The van der Waals surface area contributed by atoms with Crippen LogP contribution in [0.2, 0.25) is 0 Å². The van der Waals surface area contributed by atoms with Gasteiger partial charge < -0.3 is 0 Å². The fourth-order valence-corrected chi connectivity index (χ4v) is 3.35. The third kappa shape index (κ3) is 3.38. The first-order valence-electron chi connectivity index (χ1n) is 7.49. The zero-order valence-corrected chi connectivity index (χ0v) is 13.5. The van der Waals surface area contributed by atoms with Gasteiger partial charge in [-0.25, -0.2) is 0 Å². The minimum absolute atomic E-state index is 0.0138. The van der Waals surface area contributed by atoms with Crippen molar-refractivity contribution >= 4 is 27.5 Å². The van der Waals surface area contributed by atoms with Crippen molar-refractivity contribution in [2.45, 2.75) is 51.9 Å². The Kier molecular flexibility index (Phi) is 5.53. The second-order valence-electron chi connectivity index (χ2n) is 5.52. The molecule has 1 unspecified atom stereocenters. The van der Waals surface area contributed by atoms with E-state index in [2.05, 4.69) is 22.9 Å². The van der Waals surface area contributed by atoms with Crippen LogP contribution in [0.1, 0.15) is 61.4 Å². The highest BCUT2D eigenvalue weighted by Crippen LogP contribution is 2.33. The van der Waals surface area contributed by atoms with Gasteiger partial charge in [0.05, 0.1) is 5.92 Å². The minimum Gasteiger partial charge on any atom is -0.299 e. The normalized spacial score (nSPS) is 17.3. The summed E-state index contributed by atoms with van der Waals surface area (Å²) in [5.41, 5.74) is 1.73. The molecule has 0 aliphatic heterocycles. The van der Waals surface area contributed by atoms with Crippen molar-refractivity contribution in [3.8, 4) is 0 Å². The van der Waals surface area contributed by atoms with Crippen LogP contribution in [0.3, 0.4) is 0 Å². The lowest BCUT2D eigenvalue weighted by Gasteiger charge is -2.06. The fraction of sp³-hybridized carbons (Fsp3) is 0.529. The molecule has 0 fully saturated rings. The van der Waals surface area contributed by atoms with Crippen LogP contribution in [0.5, 0.6) is 0 Å². The van der Waals surface area contributed by atoms with Gasteiger partial charge in [0.2, 0.25) is 0 Å². The number of ketones is 2. The summed E-state index contributed by atoms with van der Waals surface area (Å²) in [7, 11) is 0. The molecule has 3 heteroatoms. The molecule has 1 aromatic carbocycles. The largest absolute Gasteiger partial charge is 0.299 e. The number of benzene rings is 1. The monoisotopic (exact) mass is 336 g/mol. The molecular weight excluding hydrogens is 316 g/mol. The molecule has 0 saturated carbocycles. The third-order valence-electron chi connectivity index (χ3n) is 4.02. The number of hydrogen-bond acceptors (Lipinski definition) is 2. The number of unbranched alkanes of at least 4 members (excludes halogenated alkanes) is 4. The highest BCUT2D eigenvalue weighted by molar-refractivity contribution is 9.10. The fourth-order valence-electron chi connectivity index (χ4n) is 2.82. The van der Waals surface area contributed by atoms with Crippen molar-refractivity contribution in [1.82, 2.24) is 0 Å². The molecule has 1 aliphatic carbocycles. The van der Waals surface area contributed by atoms with E-state index in [0.29, 0.717) is 12.8 Å². The molecule has 20 heavy (non-hydrogen) atoms. The molecule has 108 valence electrons. The predicted molar refractivity (Wildman–Crippen MR) is 84.0 cm³/mol. The van der Waals surface area contributed by atoms with Crippen LogP contribution in [0.25, 0.3) is 0 Å². The van der Waals surface area contributed by atoms with E-state index < -0.39 is 5.92 Å². The molecule has 0 N–H and O–H groups in total. The average Bonchev–Trinajstić information content (AvgIpc) is 2.78. The molecule has 0 spiro atoms. The van der Waals surface area contributed by atoms with Crippen molar-refractivity contribution < 1.29 is 9.59 Å².